The first-order valence-electron chi connectivity index (χ1n) is 8.49. The van der Waals surface area contributed by atoms with Crippen LogP contribution in [0.2, 0.25) is 0 Å². The van der Waals surface area contributed by atoms with Crippen LogP contribution in [0.15, 0.2) is 30.5 Å². The zero-order valence-electron chi connectivity index (χ0n) is 14.2. The van der Waals surface area contributed by atoms with E-state index in [0.29, 0.717) is 17.7 Å². The Kier molecular flexibility index (Phi) is 5.11. The Balaban J connectivity index is 1.72. The summed E-state index contributed by atoms with van der Waals surface area (Å²) < 4.78 is 14.7. The summed E-state index contributed by atoms with van der Waals surface area (Å²) in [6, 6.07) is 5.93. The van der Waals surface area contributed by atoms with Crippen molar-refractivity contribution in [2.75, 3.05) is 19.6 Å². The van der Waals surface area contributed by atoms with E-state index in [4.69, 9.17) is 0 Å². The molecule has 0 atom stereocenters. The lowest BCUT2D eigenvalue weighted by Crippen LogP contribution is -2.38. The maximum atomic E-state index is 13.1. The van der Waals surface area contributed by atoms with Gasteiger partial charge in [0.25, 0.3) is 5.91 Å². The number of amides is 2. The molecule has 0 unspecified atom stereocenters. The maximum Gasteiger partial charge on any atom is 0.255 e. The first-order chi connectivity index (χ1) is 12.1. The normalized spacial score (nSPS) is 13.9. The minimum absolute atomic E-state index is 0.0102. The zero-order valence-corrected chi connectivity index (χ0v) is 14.2. The number of carbonyl (C=O) groups excluding carboxylic acids is 2. The van der Waals surface area contributed by atoms with Gasteiger partial charge < -0.3 is 10.2 Å². The Morgan fingerprint density at radius 1 is 1.20 bits per heavy atom. The summed E-state index contributed by atoms with van der Waals surface area (Å²) in [6.45, 7) is 3.43. The number of hydrogen-bond acceptors (Lipinski definition) is 3. The monoisotopic (exact) mass is 344 g/mol. The maximum absolute atomic E-state index is 13.1. The van der Waals surface area contributed by atoms with E-state index in [1.54, 1.807) is 21.7 Å². The summed E-state index contributed by atoms with van der Waals surface area (Å²) in [6.07, 6.45) is 4.10. The van der Waals surface area contributed by atoms with Gasteiger partial charge in [-0.25, -0.2) is 9.07 Å². The molecule has 1 N–H and O–H groups in total. The fourth-order valence-corrected chi connectivity index (χ4v) is 3.04. The lowest BCUT2D eigenvalue weighted by molar-refractivity contribution is -0.129. The van der Waals surface area contributed by atoms with Crippen molar-refractivity contribution in [2.24, 2.45) is 0 Å². The summed E-state index contributed by atoms with van der Waals surface area (Å²) in [7, 11) is 0. The second-order valence-electron chi connectivity index (χ2n) is 6.02. The molecule has 7 heteroatoms. The molecule has 1 aromatic heterocycles. The van der Waals surface area contributed by atoms with E-state index in [1.165, 1.54) is 18.3 Å². The van der Waals surface area contributed by atoms with Crippen LogP contribution in [-0.4, -0.2) is 46.1 Å². The molecule has 0 bridgehead atoms. The number of aromatic nitrogens is 2. The van der Waals surface area contributed by atoms with Gasteiger partial charge in [0.05, 0.1) is 29.7 Å². The number of nitrogens with zero attached hydrogens (tertiary/aromatic N) is 3. The molecule has 132 valence electrons. The van der Waals surface area contributed by atoms with E-state index in [9.17, 15) is 14.0 Å². The van der Waals surface area contributed by atoms with Gasteiger partial charge >= 0.3 is 0 Å². The number of carbonyl (C=O) groups is 2. The molecule has 2 heterocycles. The Hall–Kier alpha value is -2.70. The summed E-state index contributed by atoms with van der Waals surface area (Å²) >= 11 is 0. The van der Waals surface area contributed by atoms with E-state index >= 15 is 0 Å². The lowest BCUT2D eigenvalue weighted by Gasteiger charge is -2.15. The topological polar surface area (TPSA) is 67.2 Å². The second-order valence-corrected chi connectivity index (χ2v) is 6.02. The Bertz CT molecular complexity index is 764. The summed E-state index contributed by atoms with van der Waals surface area (Å²) in [5.41, 5.74) is 1.84. The molecule has 6 nitrogen and oxygen atoms in total. The number of benzene rings is 1. The van der Waals surface area contributed by atoms with Crippen molar-refractivity contribution in [3.05, 3.63) is 47.5 Å². The van der Waals surface area contributed by atoms with Gasteiger partial charge in [0.15, 0.2) is 0 Å². The van der Waals surface area contributed by atoms with Crippen LogP contribution in [0.5, 0.6) is 0 Å². The zero-order chi connectivity index (χ0) is 17.8. The second kappa shape index (κ2) is 7.46. The van der Waals surface area contributed by atoms with Gasteiger partial charge in [-0.1, -0.05) is 6.92 Å². The predicted octanol–water partition coefficient (Wildman–Crippen LogP) is 1.93. The highest BCUT2D eigenvalue weighted by Gasteiger charge is 2.21. The number of halogens is 1. The van der Waals surface area contributed by atoms with Crippen LogP contribution >= 0.6 is 0 Å². The van der Waals surface area contributed by atoms with Crippen molar-refractivity contribution in [1.82, 2.24) is 20.0 Å². The van der Waals surface area contributed by atoms with Crippen LogP contribution in [0.3, 0.4) is 0 Å². The van der Waals surface area contributed by atoms with Gasteiger partial charge in [0, 0.05) is 13.1 Å². The highest BCUT2D eigenvalue weighted by molar-refractivity contribution is 5.97. The first-order valence-corrected chi connectivity index (χ1v) is 8.49. The largest absolute Gasteiger partial charge is 0.343 e. The molecule has 25 heavy (non-hydrogen) atoms. The Morgan fingerprint density at radius 3 is 2.52 bits per heavy atom. The fraction of sp³-hybridized carbons (Fsp3) is 0.389. The highest BCUT2D eigenvalue weighted by Crippen LogP contribution is 2.16. The van der Waals surface area contributed by atoms with Crippen molar-refractivity contribution in [2.45, 2.75) is 26.2 Å². The van der Waals surface area contributed by atoms with Crippen molar-refractivity contribution >= 4 is 11.8 Å². The predicted molar refractivity (Wildman–Crippen MR) is 91.0 cm³/mol. The van der Waals surface area contributed by atoms with Crippen molar-refractivity contribution in [3.63, 3.8) is 0 Å². The highest BCUT2D eigenvalue weighted by atomic mass is 19.1. The molecule has 2 aromatic rings. The third-order valence-corrected chi connectivity index (χ3v) is 4.38. The number of hydrogen-bond donors (Lipinski definition) is 1. The molecule has 1 aliphatic heterocycles. The van der Waals surface area contributed by atoms with Gasteiger partial charge in [-0.15, -0.1) is 0 Å². The molecule has 3 rings (SSSR count). The number of nitrogens with one attached hydrogen (secondary N) is 1. The van der Waals surface area contributed by atoms with Crippen LogP contribution in [0.25, 0.3) is 5.69 Å². The molecule has 1 saturated heterocycles. The summed E-state index contributed by atoms with van der Waals surface area (Å²) in [4.78, 5) is 26.3. The Morgan fingerprint density at radius 2 is 1.88 bits per heavy atom. The molecular weight excluding hydrogens is 323 g/mol. The number of rotatable bonds is 5. The quantitative estimate of drug-likeness (QED) is 0.901. The lowest BCUT2D eigenvalue weighted by atomic mass is 10.2. The smallest absolute Gasteiger partial charge is 0.255 e. The van der Waals surface area contributed by atoms with Crippen LogP contribution in [0.1, 0.15) is 35.8 Å². The third-order valence-electron chi connectivity index (χ3n) is 4.38. The summed E-state index contributed by atoms with van der Waals surface area (Å²) in [5.74, 6) is -0.708. The van der Waals surface area contributed by atoms with Crippen LogP contribution in [-0.2, 0) is 11.2 Å². The van der Waals surface area contributed by atoms with Gasteiger partial charge in [-0.05, 0) is 43.5 Å². The molecular formula is C18H21FN4O2. The van der Waals surface area contributed by atoms with E-state index < -0.39 is 0 Å². The van der Waals surface area contributed by atoms with E-state index in [2.05, 4.69) is 10.4 Å². The van der Waals surface area contributed by atoms with Crippen LogP contribution < -0.4 is 5.32 Å². The van der Waals surface area contributed by atoms with Crippen molar-refractivity contribution in [1.29, 1.82) is 0 Å². The SMILES string of the molecule is CCc1c(C(=O)NCC(=O)N2CCCC2)cnn1-c1ccc(F)cc1. The number of likely N-dealkylation sites (tertiary alicyclic amines) is 1. The Labute approximate surface area is 145 Å². The van der Waals surface area contributed by atoms with Gasteiger partial charge in [-0.2, -0.15) is 5.10 Å². The van der Waals surface area contributed by atoms with E-state index in [1.807, 2.05) is 6.92 Å². The van der Waals surface area contributed by atoms with Gasteiger partial charge in [0.2, 0.25) is 5.91 Å². The minimum Gasteiger partial charge on any atom is -0.343 e. The molecule has 1 fully saturated rings. The van der Waals surface area contributed by atoms with Gasteiger partial charge in [-0.3, -0.25) is 9.59 Å². The fourth-order valence-electron chi connectivity index (χ4n) is 3.04. The standard InChI is InChI=1S/C18H21FN4O2/c1-2-16-15(11-21-23(16)14-7-5-13(19)6-8-14)18(25)20-12-17(24)22-9-3-4-10-22/h5-8,11H,2-4,9-10,12H2,1H3,(H,20,25). The molecule has 1 aromatic carbocycles. The molecule has 1 aliphatic rings. The van der Waals surface area contributed by atoms with Crippen molar-refractivity contribution in [3.8, 4) is 5.69 Å². The van der Waals surface area contributed by atoms with Gasteiger partial charge in [0.1, 0.15) is 5.82 Å². The summed E-state index contributed by atoms with van der Waals surface area (Å²) in [5, 5.41) is 6.93. The first kappa shape index (κ1) is 17.1. The van der Waals surface area contributed by atoms with Crippen LogP contribution in [0, 0.1) is 5.82 Å². The average molecular weight is 344 g/mol. The molecule has 0 radical (unpaired) electrons. The molecule has 2 amide bonds. The van der Waals surface area contributed by atoms with Crippen LogP contribution in [0.4, 0.5) is 4.39 Å². The molecule has 0 aliphatic carbocycles. The molecule has 0 saturated carbocycles. The third kappa shape index (κ3) is 3.70. The van der Waals surface area contributed by atoms with E-state index in [-0.39, 0.29) is 24.2 Å². The molecule has 0 spiro atoms. The minimum atomic E-state index is -0.327. The average Bonchev–Trinajstić information content (AvgIpc) is 3.29. The van der Waals surface area contributed by atoms with E-state index in [0.717, 1.165) is 31.6 Å². The van der Waals surface area contributed by atoms with Crippen molar-refractivity contribution < 1.29 is 14.0 Å².